The number of anilines is 1. The molecule has 0 saturated heterocycles. The van der Waals surface area contributed by atoms with Gasteiger partial charge in [0.1, 0.15) is 5.82 Å². The van der Waals surface area contributed by atoms with Gasteiger partial charge in [-0.05, 0) is 30.3 Å². The zero-order chi connectivity index (χ0) is 14.7. The van der Waals surface area contributed by atoms with Crippen LogP contribution in [0.2, 0.25) is 5.02 Å². The molecule has 0 atom stereocenters. The lowest BCUT2D eigenvalue weighted by Gasteiger charge is -2.08. The van der Waals surface area contributed by atoms with Crippen LogP contribution in [0.4, 0.5) is 10.1 Å². The van der Waals surface area contributed by atoms with Gasteiger partial charge in [0.05, 0.1) is 16.1 Å². The molecule has 6 heteroatoms. The van der Waals surface area contributed by atoms with Crippen molar-refractivity contribution < 1.29 is 19.1 Å². The van der Waals surface area contributed by atoms with Crippen molar-refractivity contribution in [1.82, 2.24) is 0 Å². The van der Waals surface area contributed by atoms with E-state index in [1.807, 2.05) is 0 Å². The van der Waals surface area contributed by atoms with E-state index >= 15 is 0 Å². The van der Waals surface area contributed by atoms with Gasteiger partial charge in [0, 0.05) is 5.69 Å². The van der Waals surface area contributed by atoms with Gasteiger partial charge in [0.15, 0.2) is 0 Å². The van der Waals surface area contributed by atoms with Gasteiger partial charge in [-0.2, -0.15) is 0 Å². The first-order chi connectivity index (χ1) is 9.49. The van der Waals surface area contributed by atoms with E-state index in [9.17, 15) is 14.0 Å². The number of benzene rings is 2. The molecular weight excluding hydrogens is 285 g/mol. The maximum absolute atomic E-state index is 13.0. The predicted molar refractivity (Wildman–Crippen MR) is 72.8 cm³/mol. The van der Waals surface area contributed by atoms with Crippen LogP contribution in [-0.2, 0) is 0 Å². The SMILES string of the molecule is O=C(O)c1ccccc1C(=O)Nc1ccc(F)c(Cl)c1. The summed E-state index contributed by atoms with van der Waals surface area (Å²) in [5.74, 6) is -2.41. The summed E-state index contributed by atoms with van der Waals surface area (Å²) in [7, 11) is 0. The van der Waals surface area contributed by atoms with Gasteiger partial charge in [-0.15, -0.1) is 0 Å². The quantitative estimate of drug-likeness (QED) is 0.911. The number of carboxylic acid groups (broad SMARTS) is 1. The number of amides is 1. The van der Waals surface area contributed by atoms with Crippen LogP contribution >= 0.6 is 11.6 Å². The van der Waals surface area contributed by atoms with Gasteiger partial charge in [-0.3, -0.25) is 4.79 Å². The second-order valence-corrected chi connectivity index (χ2v) is 4.34. The lowest BCUT2D eigenvalue weighted by Crippen LogP contribution is -2.16. The number of hydrogen-bond acceptors (Lipinski definition) is 2. The normalized spacial score (nSPS) is 10.1. The minimum atomic E-state index is -1.20. The summed E-state index contributed by atoms with van der Waals surface area (Å²) < 4.78 is 13.0. The largest absolute Gasteiger partial charge is 0.478 e. The molecule has 4 nitrogen and oxygen atoms in total. The summed E-state index contributed by atoms with van der Waals surface area (Å²) >= 11 is 5.60. The van der Waals surface area contributed by atoms with Crippen molar-refractivity contribution in [3.05, 3.63) is 64.4 Å². The highest BCUT2D eigenvalue weighted by atomic mass is 35.5. The zero-order valence-corrected chi connectivity index (χ0v) is 10.8. The fourth-order valence-corrected chi connectivity index (χ4v) is 1.82. The van der Waals surface area contributed by atoms with Gasteiger partial charge >= 0.3 is 5.97 Å². The van der Waals surface area contributed by atoms with E-state index in [-0.39, 0.29) is 21.8 Å². The molecule has 0 aliphatic carbocycles. The number of carbonyl (C=O) groups is 2. The second-order valence-electron chi connectivity index (χ2n) is 3.93. The molecule has 0 spiro atoms. The first-order valence-electron chi connectivity index (χ1n) is 5.58. The third-order valence-electron chi connectivity index (χ3n) is 2.58. The van der Waals surface area contributed by atoms with E-state index in [4.69, 9.17) is 16.7 Å². The second kappa shape index (κ2) is 5.71. The summed E-state index contributed by atoms with van der Waals surface area (Å²) in [4.78, 5) is 23.1. The van der Waals surface area contributed by atoms with E-state index in [0.29, 0.717) is 0 Å². The van der Waals surface area contributed by atoms with Crippen LogP contribution in [0.1, 0.15) is 20.7 Å². The molecule has 2 aromatic carbocycles. The number of carboxylic acids is 1. The summed E-state index contributed by atoms with van der Waals surface area (Å²) in [6.07, 6.45) is 0. The molecule has 0 fully saturated rings. The number of carbonyl (C=O) groups excluding carboxylic acids is 1. The van der Waals surface area contributed by atoms with Crippen LogP contribution in [-0.4, -0.2) is 17.0 Å². The molecule has 0 aromatic heterocycles. The molecule has 20 heavy (non-hydrogen) atoms. The zero-order valence-electron chi connectivity index (χ0n) is 10.1. The molecule has 0 radical (unpaired) electrons. The Morgan fingerprint density at radius 3 is 2.35 bits per heavy atom. The van der Waals surface area contributed by atoms with Crippen molar-refractivity contribution in [2.75, 3.05) is 5.32 Å². The molecule has 0 aliphatic heterocycles. The number of nitrogens with one attached hydrogen (secondary N) is 1. The fourth-order valence-electron chi connectivity index (χ4n) is 1.64. The molecule has 2 aromatic rings. The van der Waals surface area contributed by atoms with E-state index in [1.165, 1.54) is 30.3 Å². The van der Waals surface area contributed by atoms with Crippen molar-refractivity contribution in [3.8, 4) is 0 Å². The molecule has 0 heterocycles. The van der Waals surface area contributed by atoms with Gasteiger partial charge in [0.2, 0.25) is 0 Å². The molecular formula is C14H9ClFNO3. The van der Waals surface area contributed by atoms with Crippen LogP contribution < -0.4 is 5.32 Å². The average Bonchev–Trinajstić information content (AvgIpc) is 2.43. The van der Waals surface area contributed by atoms with Crippen molar-refractivity contribution >= 4 is 29.2 Å². The fraction of sp³-hybridized carbons (Fsp3) is 0. The van der Waals surface area contributed by atoms with Crippen LogP contribution in [0.15, 0.2) is 42.5 Å². The lowest BCUT2D eigenvalue weighted by molar-refractivity contribution is 0.0692. The Kier molecular flexibility index (Phi) is 4.00. The van der Waals surface area contributed by atoms with Crippen molar-refractivity contribution in [3.63, 3.8) is 0 Å². The predicted octanol–water partition coefficient (Wildman–Crippen LogP) is 3.43. The number of aromatic carboxylic acids is 1. The van der Waals surface area contributed by atoms with Crippen LogP contribution in [0.3, 0.4) is 0 Å². The molecule has 1 amide bonds. The topological polar surface area (TPSA) is 66.4 Å². The first-order valence-corrected chi connectivity index (χ1v) is 5.95. The molecule has 2 rings (SSSR count). The number of halogens is 2. The first kappa shape index (κ1) is 14.0. The third kappa shape index (κ3) is 2.95. The van der Waals surface area contributed by atoms with E-state index in [0.717, 1.165) is 6.07 Å². The van der Waals surface area contributed by atoms with Crippen molar-refractivity contribution in [1.29, 1.82) is 0 Å². The van der Waals surface area contributed by atoms with E-state index < -0.39 is 17.7 Å². The molecule has 0 saturated carbocycles. The van der Waals surface area contributed by atoms with E-state index in [1.54, 1.807) is 6.07 Å². The van der Waals surface area contributed by atoms with Gasteiger partial charge in [-0.25, -0.2) is 9.18 Å². The Morgan fingerprint density at radius 1 is 1.10 bits per heavy atom. The molecule has 0 aliphatic rings. The Balaban J connectivity index is 2.28. The smallest absolute Gasteiger partial charge is 0.336 e. The lowest BCUT2D eigenvalue weighted by atomic mass is 10.1. The highest BCUT2D eigenvalue weighted by Crippen LogP contribution is 2.20. The average molecular weight is 294 g/mol. The third-order valence-corrected chi connectivity index (χ3v) is 2.87. The van der Waals surface area contributed by atoms with E-state index in [2.05, 4.69) is 5.32 Å². The van der Waals surface area contributed by atoms with Crippen molar-refractivity contribution in [2.45, 2.75) is 0 Å². The van der Waals surface area contributed by atoms with Crippen LogP contribution in [0.5, 0.6) is 0 Å². The molecule has 102 valence electrons. The van der Waals surface area contributed by atoms with Gasteiger partial charge < -0.3 is 10.4 Å². The van der Waals surface area contributed by atoms with Gasteiger partial charge in [-0.1, -0.05) is 23.7 Å². The monoisotopic (exact) mass is 293 g/mol. The standard InChI is InChI=1S/C14H9ClFNO3/c15-11-7-8(5-6-12(11)16)17-13(18)9-3-1-2-4-10(9)14(19)20/h1-7H,(H,17,18)(H,19,20). The number of rotatable bonds is 3. The maximum atomic E-state index is 13.0. The molecule has 0 bridgehead atoms. The number of hydrogen-bond donors (Lipinski definition) is 2. The highest BCUT2D eigenvalue weighted by molar-refractivity contribution is 6.31. The molecule has 0 unspecified atom stereocenters. The van der Waals surface area contributed by atoms with Gasteiger partial charge in [0.25, 0.3) is 5.91 Å². The summed E-state index contributed by atoms with van der Waals surface area (Å²) in [6.45, 7) is 0. The van der Waals surface area contributed by atoms with Crippen molar-refractivity contribution in [2.24, 2.45) is 0 Å². The maximum Gasteiger partial charge on any atom is 0.336 e. The Hall–Kier alpha value is -2.40. The summed E-state index contributed by atoms with van der Waals surface area (Å²) in [5.41, 5.74) is 0.181. The minimum Gasteiger partial charge on any atom is -0.478 e. The Bertz CT molecular complexity index is 688. The van der Waals surface area contributed by atoms with Crippen LogP contribution in [0.25, 0.3) is 0 Å². The minimum absolute atomic E-state index is 0.0143. The van der Waals surface area contributed by atoms with Crippen LogP contribution in [0, 0.1) is 5.82 Å². The highest BCUT2D eigenvalue weighted by Gasteiger charge is 2.16. The Labute approximate surface area is 118 Å². The molecule has 2 N–H and O–H groups in total. The summed E-state index contributed by atoms with van der Waals surface area (Å²) in [5, 5.41) is 11.3. The Morgan fingerprint density at radius 2 is 1.75 bits per heavy atom. The summed E-state index contributed by atoms with van der Waals surface area (Å²) in [6, 6.07) is 9.49.